The predicted molar refractivity (Wildman–Crippen MR) is 141 cm³/mol. The average molecular weight is 530 g/mol. The smallest absolute Gasteiger partial charge is 0.280 e. The van der Waals surface area contributed by atoms with Gasteiger partial charge in [0, 0.05) is 23.7 Å². The summed E-state index contributed by atoms with van der Waals surface area (Å²) in [5.74, 6) is 1.36. The van der Waals surface area contributed by atoms with Gasteiger partial charge in [-0.15, -0.1) is 0 Å². The number of carbonyl (C=O) groups is 1. The maximum atomic E-state index is 13.6. The number of ether oxygens (including phenoxy) is 2. The Morgan fingerprint density at radius 3 is 2.59 bits per heavy atom. The molecule has 1 amide bonds. The van der Waals surface area contributed by atoms with Crippen LogP contribution in [0.15, 0.2) is 51.9 Å². The first-order chi connectivity index (χ1) is 17.7. The van der Waals surface area contributed by atoms with E-state index in [1.165, 1.54) is 31.1 Å². The van der Waals surface area contributed by atoms with E-state index in [9.17, 15) is 13.6 Å². The van der Waals surface area contributed by atoms with E-state index in [2.05, 4.69) is 25.8 Å². The highest BCUT2D eigenvalue weighted by Gasteiger charge is 2.36. The van der Waals surface area contributed by atoms with Crippen molar-refractivity contribution in [3.05, 3.63) is 58.6 Å². The number of methoxy groups -OCH3 is 1. The maximum Gasteiger partial charge on any atom is 0.280 e. The molecule has 0 saturated heterocycles. The lowest BCUT2D eigenvalue weighted by molar-refractivity contribution is 0.0978. The molecule has 1 saturated carbocycles. The van der Waals surface area contributed by atoms with E-state index < -0.39 is 18.0 Å². The minimum atomic E-state index is -2.80. The fraction of sp³-hybridized carbons (Fsp3) is 0.385. The molecule has 8 nitrogen and oxygen atoms in total. The van der Waals surface area contributed by atoms with Crippen molar-refractivity contribution in [3.63, 3.8) is 0 Å². The van der Waals surface area contributed by atoms with Gasteiger partial charge in [0.15, 0.2) is 5.17 Å². The number of hydrogen-bond acceptors (Lipinski definition) is 8. The molecule has 0 spiro atoms. The highest BCUT2D eigenvalue weighted by atomic mass is 32.2. The molecule has 1 aliphatic carbocycles. The number of alkyl halides is 2. The van der Waals surface area contributed by atoms with Crippen molar-refractivity contribution < 1.29 is 23.0 Å². The number of thioether (sulfide) groups is 1. The Morgan fingerprint density at radius 1 is 1.22 bits per heavy atom. The number of nitrogens with one attached hydrogen (secondary N) is 2. The lowest BCUT2D eigenvalue weighted by Gasteiger charge is -2.17. The second-order valence-electron chi connectivity index (χ2n) is 8.93. The van der Waals surface area contributed by atoms with Gasteiger partial charge in [0.2, 0.25) is 5.90 Å². The summed E-state index contributed by atoms with van der Waals surface area (Å²) in [6, 6.07) is 6.23. The number of nitrogens with zero attached hydrogens (tertiary/aromatic N) is 3. The lowest BCUT2D eigenvalue weighted by Crippen LogP contribution is -2.28. The van der Waals surface area contributed by atoms with Crippen molar-refractivity contribution in [3.8, 4) is 16.9 Å². The first-order valence-electron chi connectivity index (χ1n) is 11.8. The zero-order valence-corrected chi connectivity index (χ0v) is 22.1. The van der Waals surface area contributed by atoms with Crippen molar-refractivity contribution in [2.45, 2.75) is 45.4 Å². The van der Waals surface area contributed by atoms with Gasteiger partial charge in [-0.1, -0.05) is 11.8 Å². The van der Waals surface area contributed by atoms with Gasteiger partial charge in [0.25, 0.3) is 12.3 Å². The standard InChI is InChI=1S/C26H29F2N5O3S/c1-13(2)14(3)36-24(29-4)16-8-9-17(23(34)31-26-33-32-25(37-26)15-6-7-15)18(10-16)19-11-20(22(27)28)30-12-21(19)35-5/h8-12,15,22,25,32H,6-7H2,1-5H3,(H,31,33,34). The highest BCUT2D eigenvalue weighted by molar-refractivity contribution is 8.14. The highest BCUT2D eigenvalue weighted by Crippen LogP contribution is 2.40. The summed E-state index contributed by atoms with van der Waals surface area (Å²) in [4.78, 5) is 21.5. The molecule has 196 valence electrons. The Balaban J connectivity index is 1.76. The summed E-state index contributed by atoms with van der Waals surface area (Å²) in [7, 11) is 3.01. The number of aliphatic imine (C=N–C) groups is 1. The number of rotatable bonds is 7. The molecule has 37 heavy (non-hydrogen) atoms. The summed E-state index contributed by atoms with van der Waals surface area (Å²) in [6.45, 7) is 5.66. The Labute approximate surface area is 218 Å². The molecule has 1 unspecified atom stereocenters. The summed E-state index contributed by atoms with van der Waals surface area (Å²) in [5, 5.41) is 7.69. The van der Waals surface area contributed by atoms with Gasteiger partial charge >= 0.3 is 0 Å². The second kappa shape index (κ2) is 11.3. The molecule has 1 atom stereocenters. The molecular formula is C26H29F2N5O3S. The van der Waals surface area contributed by atoms with Crippen LogP contribution in [0.1, 0.15) is 61.7 Å². The van der Waals surface area contributed by atoms with Crippen LogP contribution in [0.25, 0.3) is 11.1 Å². The minimum Gasteiger partial charge on any atom is -0.494 e. The van der Waals surface area contributed by atoms with E-state index in [0.29, 0.717) is 39.4 Å². The average Bonchev–Trinajstić information content (AvgIpc) is 3.64. The van der Waals surface area contributed by atoms with Crippen molar-refractivity contribution in [1.82, 2.24) is 15.7 Å². The first kappa shape index (κ1) is 26.6. The molecule has 2 aromatic rings. The van der Waals surface area contributed by atoms with Gasteiger partial charge in [0.1, 0.15) is 17.2 Å². The zero-order chi connectivity index (χ0) is 26.7. The van der Waals surface area contributed by atoms with E-state index in [-0.39, 0.29) is 16.7 Å². The third-order valence-electron chi connectivity index (χ3n) is 6.09. The number of halogens is 2. The molecule has 2 N–H and O–H groups in total. The fourth-order valence-corrected chi connectivity index (χ4v) is 4.72. The first-order valence-corrected chi connectivity index (χ1v) is 12.7. The number of hydrogen-bond donors (Lipinski definition) is 2. The van der Waals surface area contributed by atoms with Crippen LogP contribution in [0.2, 0.25) is 0 Å². The van der Waals surface area contributed by atoms with Gasteiger partial charge in [-0.3, -0.25) is 25.5 Å². The van der Waals surface area contributed by atoms with Gasteiger partial charge < -0.3 is 9.47 Å². The monoisotopic (exact) mass is 529 g/mol. The number of amides is 1. The fourth-order valence-electron chi connectivity index (χ4n) is 3.65. The molecule has 0 bridgehead atoms. The van der Waals surface area contributed by atoms with Crippen LogP contribution < -0.4 is 15.5 Å². The van der Waals surface area contributed by atoms with Gasteiger partial charge in [-0.2, -0.15) is 5.10 Å². The number of carbonyl (C=O) groups excluding carboxylic acids is 1. The third kappa shape index (κ3) is 6.10. The second-order valence-corrected chi connectivity index (χ2v) is 10.1. The summed E-state index contributed by atoms with van der Waals surface area (Å²) >= 11 is 1.47. The number of aromatic nitrogens is 1. The molecular weight excluding hydrogens is 500 g/mol. The summed E-state index contributed by atoms with van der Waals surface area (Å²) in [6.07, 6.45) is 0.704. The molecule has 1 aromatic carbocycles. The number of allylic oxidation sites excluding steroid dienone is 2. The predicted octanol–water partition coefficient (Wildman–Crippen LogP) is 5.47. The lowest BCUT2D eigenvalue weighted by atomic mass is 9.96. The maximum absolute atomic E-state index is 13.6. The Bertz CT molecular complexity index is 1290. The van der Waals surface area contributed by atoms with Crippen molar-refractivity contribution in [2.75, 3.05) is 14.2 Å². The van der Waals surface area contributed by atoms with E-state index in [1.54, 1.807) is 25.2 Å². The van der Waals surface area contributed by atoms with Crippen LogP contribution in [0, 0.1) is 5.92 Å². The number of pyridine rings is 1. The van der Waals surface area contributed by atoms with Crippen molar-refractivity contribution in [1.29, 1.82) is 0 Å². The van der Waals surface area contributed by atoms with Crippen molar-refractivity contribution in [2.24, 2.45) is 16.0 Å². The molecule has 0 radical (unpaired) electrons. The summed E-state index contributed by atoms with van der Waals surface area (Å²) in [5.41, 5.74) is 5.08. The Kier molecular flexibility index (Phi) is 8.11. The number of hydrazone groups is 1. The van der Waals surface area contributed by atoms with E-state index >= 15 is 0 Å². The van der Waals surface area contributed by atoms with Crippen LogP contribution in [-0.4, -0.2) is 41.5 Å². The molecule has 2 aliphatic rings. The van der Waals surface area contributed by atoms with E-state index in [1.807, 2.05) is 20.8 Å². The third-order valence-corrected chi connectivity index (χ3v) is 7.25. The van der Waals surface area contributed by atoms with E-state index in [4.69, 9.17) is 9.47 Å². The van der Waals surface area contributed by atoms with Crippen LogP contribution in [-0.2, 0) is 4.74 Å². The minimum absolute atomic E-state index is 0.143. The van der Waals surface area contributed by atoms with Gasteiger partial charge in [-0.05, 0) is 74.9 Å². The quantitative estimate of drug-likeness (QED) is 0.280. The number of amidine groups is 1. The Hall–Kier alpha value is -3.47. The van der Waals surface area contributed by atoms with Gasteiger partial charge in [0.05, 0.1) is 18.7 Å². The molecule has 11 heteroatoms. The molecule has 4 rings (SSSR count). The zero-order valence-electron chi connectivity index (χ0n) is 21.3. The molecule has 1 aromatic heterocycles. The van der Waals surface area contributed by atoms with Crippen LogP contribution >= 0.6 is 11.8 Å². The molecule has 1 aliphatic heterocycles. The topological polar surface area (TPSA) is 97.2 Å². The van der Waals surface area contributed by atoms with Crippen molar-refractivity contribution >= 4 is 28.7 Å². The molecule has 1 fully saturated rings. The van der Waals surface area contributed by atoms with Crippen LogP contribution in [0.5, 0.6) is 5.75 Å². The largest absolute Gasteiger partial charge is 0.494 e. The SMILES string of the molecule is CN=C(OC(C)=C(C)C)c1ccc(C(=O)NC2=NNC(C3CC3)S2)c(-c2cc(C(F)F)ncc2OC)c1. The van der Waals surface area contributed by atoms with Crippen LogP contribution in [0.3, 0.4) is 0 Å². The normalized spacial score (nSPS) is 17.2. The van der Waals surface area contributed by atoms with E-state index in [0.717, 1.165) is 18.4 Å². The van der Waals surface area contributed by atoms with Gasteiger partial charge in [-0.25, -0.2) is 8.78 Å². The van der Waals surface area contributed by atoms with Crippen LogP contribution in [0.4, 0.5) is 8.78 Å². The summed E-state index contributed by atoms with van der Waals surface area (Å²) < 4.78 is 38.5. The number of benzene rings is 1. The molecule has 2 heterocycles. The Morgan fingerprint density at radius 2 is 1.97 bits per heavy atom.